The van der Waals surface area contributed by atoms with E-state index in [1.807, 2.05) is 97.1 Å². The lowest BCUT2D eigenvalue weighted by atomic mass is 9.53. The van der Waals surface area contributed by atoms with Crippen molar-refractivity contribution in [3.63, 3.8) is 0 Å². The fourth-order valence-corrected chi connectivity index (χ4v) is 6.33. The highest BCUT2D eigenvalue weighted by molar-refractivity contribution is 6.32. The summed E-state index contributed by atoms with van der Waals surface area (Å²) in [5.74, 6) is 0. The number of rotatable bonds is 4. The molecule has 5 rings (SSSR count). The van der Waals surface area contributed by atoms with Gasteiger partial charge < -0.3 is 0 Å². The Morgan fingerprint density at radius 3 is 1.22 bits per heavy atom. The fourth-order valence-electron chi connectivity index (χ4n) is 4.94. The molecule has 0 N–H and O–H groups in total. The molecule has 1 aliphatic carbocycles. The van der Waals surface area contributed by atoms with Crippen molar-refractivity contribution in [3.8, 4) is 0 Å². The number of allylic oxidation sites excluding steroid dienone is 2. The van der Waals surface area contributed by atoms with Crippen LogP contribution in [0.5, 0.6) is 0 Å². The number of benzene rings is 4. The summed E-state index contributed by atoms with van der Waals surface area (Å²) in [7, 11) is 0. The lowest BCUT2D eigenvalue weighted by Gasteiger charge is -2.53. The molecule has 0 aromatic heterocycles. The molecular weight excluding hydrogens is 573 g/mol. The second-order valence-corrected chi connectivity index (χ2v) is 10.9. The molecule has 0 bridgehead atoms. The van der Waals surface area contributed by atoms with Crippen LogP contribution in [0.3, 0.4) is 0 Å². The second-order valence-electron chi connectivity index (χ2n) is 8.51. The van der Waals surface area contributed by atoms with Crippen LogP contribution < -0.4 is 0 Å². The molecule has 180 valence electrons. The van der Waals surface area contributed by atoms with Gasteiger partial charge in [-0.3, -0.25) is 0 Å². The quantitative estimate of drug-likeness (QED) is 0.207. The number of hydrogen-bond acceptors (Lipinski definition) is 0. The summed E-state index contributed by atoms with van der Waals surface area (Å²) < 4.78 is 0. The van der Waals surface area contributed by atoms with Crippen LogP contribution in [0.15, 0.2) is 114 Å². The molecule has 1 fully saturated rings. The minimum absolute atomic E-state index is 0.453. The van der Waals surface area contributed by atoms with Gasteiger partial charge in [-0.15, -0.1) is 11.6 Å². The molecule has 4 aromatic rings. The van der Waals surface area contributed by atoms with Crippen molar-refractivity contribution in [1.82, 2.24) is 0 Å². The molecule has 0 spiro atoms. The lowest BCUT2D eigenvalue weighted by Crippen LogP contribution is -2.51. The van der Waals surface area contributed by atoms with Gasteiger partial charge in [-0.2, -0.15) is 0 Å². The SMILES string of the molecule is Cl/C=C1/C(=C(c2ccc(Cl)cc2)c2ccc(Cl)cc2)C(Cl)C1(c1ccc(Cl)cc1)c1ccc(Cl)cc1. The van der Waals surface area contributed by atoms with Gasteiger partial charge in [0.25, 0.3) is 0 Å². The van der Waals surface area contributed by atoms with Gasteiger partial charge in [0.15, 0.2) is 0 Å². The Kier molecular flexibility index (Phi) is 7.48. The summed E-state index contributed by atoms with van der Waals surface area (Å²) >= 11 is 39.0. The van der Waals surface area contributed by atoms with E-state index in [0.717, 1.165) is 39.0 Å². The highest BCUT2D eigenvalue weighted by atomic mass is 35.5. The molecule has 0 amide bonds. The summed E-state index contributed by atoms with van der Waals surface area (Å²) in [6, 6.07) is 30.8. The summed E-state index contributed by atoms with van der Waals surface area (Å²) in [4.78, 5) is 0. The van der Waals surface area contributed by atoms with Gasteiger partial charge in [0.1, 0.15) is 0 Å². The van der Waals surface area contributed by atoms with Crippen molar-refractivity contribution >= 4 is 75.2 Å². The summed E-state index contributed by atoms with van der Waals surface area (Å²) in [6.07, 6.45) is 0. The van der Waals surface area contributed by atoms with E-state index in [9.17, 15) is 0 Å². The number of hydrogen-bond donors (Lipinski definition) is 0. The third kappa shape index (κ3) is 4.39. The summed E-state index contributed by atoms with van der Waals surface area (Å²) in [5, 5.41) is 2.14. The molecule has 6 heteroatoms. The minimum Gasteiger partial charge on any atom is -0.116 e. The summed E-state index contributed by atoms with van der Waals surface area (Å²) in [5.41, 5.74) is 7.62. The van der Waals surface area contributed by atoms with Crippen LogP contribution in [0.4, 0.5) is 0 Å². The predicted octanol–water partition coefficient (Wildman–Crippen LogP) is 10.8. The topological polar surface area (TPSA) is 0 Å². The molecule has 0 heterocycles. The van der Waals surface area contributed by atoms with E-state index in [1.54, 1.807) is 5.54 Å². The molecule has 1 aliphatic rings. The van der Waals surface area contributed by atoms with E-state index in [4.69, 9.17) is 69.6 Å². The van der Waals surface area contributed by atoms with E-state index < -0.39 is 10.8 Å². The van der Waals surface area contributed by atoms with Crippen LogP contribution in [0.2, 0.25) is 20.1 Å². The zero-order valence-corrected chi connectivity index (χ0v) is 23.2. The van der Waals surface area contributed by atoms with Gasteiger partial charge in [0.05, 0.1) is 10.8 Å². The van der Waals surface area contributed by atoms with Crippen LogP contribution in [0, 0.1) is 0 Å². The largest absolute Gasteiger partial charge is 0.116 e. The van der Waals surface area contributed by atoms with Crippen molar-refractivity contribution in [2.24, 2.45) is 0 Å². The molecule has 0 saturated heterocycles. The fraction of sp³-hybridized carbons (Fsp3) is 0.0667. The third-order valence-electron chi connectivity index (χ3n) is 6.59. The maximum Gasteiger partial charge on any atom is 0.0773 e. The smallest absolute Gasteiger partial charge is 0.0773 e. The molecule has 0 radical (unpaired) electrons. The van der Waals surface area contributed by atoms with Gasteiger partial charge in [-0.25, -0.2) is 0 Å². The van der Waals surface area contributed by atoms with E-state index in [-0.39, 0.29) is 0 Å². The maximum atomic E-state index is 7.44. The standard InChI is InChI=1S/C30H18Cl6/c31-17-26-28(27(18-1-9-22(32)10-2-18)19-3-11-23(33)12-4-19)29(36)30(26,20-5-13-24(34)14-6-20)21-7-15-25(35)16-8-21/h1-17,29H/b26-17-. The normalized spacial score (nSPS) is 17.7. The predicted molar refractivity (Wildman–Crippen MR) is 156 cm³/mol. The molecule has 1 saturated carbocycles. The zero-order valence-electron chi connectivity index (χ0n) is 18.7. The second kappa shape index (κ2) is 10.5. The maximum absolute atomic E-state index is 7.44. The Labute approximate surface area is 240 Å². The Hall–Kier alpha value is -1.90. The highest BCUT2D eigenvalue weighted by Gasteiger charge is 2.57. The molecule has 1 unspecified atom stereocenters. The highest BCUT2D eigenvalue weighted by Crippen LogP contribution is 2.61. The van der Waals surface area contributed by atoms with E-state index in [0.29, 0.717) is 20.1 Å². The molecular formula is C30H18Cl6. The van der Waals surface area contributed by atoms with Crippen LogP contribution in [-0.2, 0) is 5.41 Å². The van der Waals surface area contributed by atoms with Crippen molar-refractivity contribution in [3.05, 3.63) is 156 Å². The molecule has 1 atom stereocenters. The van der Waals surface area contributed by atoms with Crippen molar-refractivity contribution in [2.75, 3.05) is 0 Å². The molecule has 0 aliphatic heterocycles. The monoisotopic (exact) mass is 588 g/mol. The molecule has 4 aromatic carbocycles. The minimum atomic E-state index is -0.710. The Balaban J connectivity index is 1.80. The first-order valence-electron chi connectivity index (χ1n) is 11.1. The van der Waals surface area contributed by atoms with Crippen LogP contribution >= 0.6 is 69.6 Å². The van der Waals surface area contributed by atoms with Gasteiger partial charge in [-0.1, -0.05) is 107 Å². The van der Waals surface area contributed by atoms with Crippen LogP contribution in [0.25, 0.3) is 5.57 Å². The van der Waals surface area contributed by atoms with Crippen LogP contribution in [-0.4, -0.2) is 5.38 Å². The van der Waals surface area contributed by atoms with Gasteiger partial charge in [0, 0.05) is 25.6 Å². The number of alkyl halides is 1. The third-order valence-corrected chi connectivity index (χ3v) is 8.36. The average Bonchev–Trinajstić information content (AvgIpc) is 2.88. The van der Waals surface area contributed by atoms with Gasteiger partial charge >= 0.3 is 0 Å². The zero-order chi connectivity index (χ0) is 25.4. The van der Waals surface area contributed by atoms with E-state index in [1.165, 1.54) is 0 Å². The Bertz CT molecular complexity index is 1360. The van der Waals surface area contributed by atoms with Crippen molar-refractivity contribution in [2.45, 2.75) is 10.8 Å². The average molecular weight is 591 g/mol. The van der Waals surface area contributed by atoms with Gasteiger partial charge in [0.2, 0.25) is 0 Å². The Morgan fingerprint density at radius 2 is 0.889 bits per heavy atom. The first-order valence-corrected chi connectivity index (χ1v) is 13.5. The first-order chi connectivity index (χ1) is 17.4. The van der Waals surface area contributed by atoms with E-state index >= 15 is 0 Å². The van der Waals surface area contributed by atoms with Crippen molar-refractivity contribution < 1.29 is 0 Å². The summed E-state index contributed by atoms with van der Waals surface area (Å²) in [6.45, 7) is 0. The van der Waals surface area contributed by atoms with Crippen LogP contribution in [0.1, 0.15) is 22.3 Å². The van der Waals surface area contributed by atoms with Gasteiger partial charge in [-0.05, 0) is 87.5 Å². The van der Waals surface area contributed by atoms with E-state index in [2.05, 4.69) is 0 Å². The lowest BCUT2D eigenvalue weighted by molar-refractivity contribution is 0.534. The van der Waals surface area contributed by atoms with Crippen molar-refractivity contribution in [1.29, 1.82) is 0 Å². The first kappa shape index (κ1) is 25.7. The molecule has 0 nitrogen and oxygen atoms in total. The Morgan fingerprint density at radius 1 is 0.556 bits per heavy atom. The number of halogens is 6. The molecule has 36 heavy (non-hydrogen) atoms.